The highest BCUT2D eigenvalue weighted by atomic mass is 16.2. The lowest BCUT2D eigenvalue weighted by molar-refractivity contribution is -0.138. The maximum Gasteiger partial charge on any atom is 0.245 e. The Kier molecular flexibility index (Phi) is 7.37. The summed E-state index contributed by atoms with van der Waals surface area (Å²) in [6.07, 6.45) is 2.57. The van der Waals surface area contributed by atoms with Crippen molar-refractivity contribution >= 4 is 29.4 Å². The Labute approximate surface area is 171 Å². The van der Waals surface area contributed by atoms with Gasteiger partial charge in [0, 0.05) is 19.4 Å². The summed E-state index contributed by atoms with van der Waals surface area (Å²) in [5.74, 6) is -1.86. The van der Waals surface area contributed by atoms with Gasteiger partial charge in [-0.15, -0.1) is 0 Å². The Morgan fingerprint density at radius 2 is 1.86 bits per heavy atom. The van der Waals surface area contributed by atoms with Gasteiger partial charge < -0.3 is 20.9 Å². The molecule has 0 aromatic heterocycles. The first-order chi connectivity index (χ1) is 13.5. The van der Waals surface area contributed by atoms with Crippen molar-refractivity contribution in [1.82, 2.24) is 15.1 Å². The van der Waals surface area contributed by atoms with Crippen molar-refractivity contribution in [3.63, 3.8) is 0 Å². The Hall–Kier alpha value is -2.45. The van der Waals surface area contributed by atoms with Crippen molar-refractivity contribution in [3.8, 4) is 0 Å². The van der Waals surface area contributed by atoms with Crippen LogP contribution < -0.4 is 11.1 Å². The van der Waals surface area contributed by atoms with E-state index in [9.17, 15) is 24.0 Å². The zero-order valence-electron chi connectivity index (χ0n) is 17.5. The van der Waals surface area contributed by atoms with Crippen LogP contribution in [0.2, 0.25) is 0 Å². The van der Waals surface area contributed by atoms with E-state index in [4.69, 9.17) is 5.73 Å². The third-order valence-electron chi connectivity index (χ3n) is 5.50. The van der Waals surface area contributed by atoms with Gasteiger partial charge in [0.2, 0.25) is 23.6 Å². The van der Waals surface area contributed by atoms with E-state index < -0.39 is 23.9 Å². The van der Waals surface area contributed by atoms with E-state index in [1.165, 1.54) is 23.1 Å². The summed E-state index contributed by atoms with van der Waals surface area (Å²) in [6, 6.07) is -1.75. The monoisotopic (exact) mass is 407 g/mol. The molecule has 2 aliphatic heterocycles. The largest absolute Gasteiger partial charge is 0.369 e. The highest BCUT2D eigenvalue weighted by Crippen LogP contribution is 2.31. The number of ketones is 1. The molecule has 2 heterocycles. The van der Waals surface area contributed by atoms with E-state index in [1.807, 2.05) is 13.8 Å². The molecule has 2 aliphatic rings. The summed E-state index contributed by atoms with van der Waals surface area (Å²) >= 11 is 0. The zero-order chi connectivity index (χ0) is 21.9. The first kappa shape index (κ1) is 22.8. The molecule has 2 saturated heterocycles. The van der Waals surface area contributed by atoms with Gasteiger partial charge in [-0.25, -0.2) is 0 Å². The molecule has 2 fully saturated rings. The predicted octanol–water partition coefficient (Wildman–Crippen LogP) is -0.366. The van der Waals surface area contributed by atoms with E-state index in [0.29, 0.717) is 19.4 Å². The lowest BCUT2D eigenvalue weighted by Crippen LogP contribution is -2.51. The van der Waals surface area contributed by atoms with Crippen LogP contribution in [0.4, 0.5) is 0 Å². The number of hydrogen-bond donors (Lipinski definition) is 2. The van der Waals surface area contributed by atoms with Crippen LogP contribution in [0.25, 0.3) is 0 Å². The number of nitrogens with one attached hydrogen (secondary N) is 1. The van der Waals surface area contributed by atoms with Crippen molar-refractivity contribution in [2.45, 2.75) is 65.1 Å². The van der Waals surface area contributed by atoms with Crippen LogP contribution in [0, 0.1) is 18.3 Å². The normalized spacial score (nSPS) is 23.1. The molecule has 4 unspecified atom stereocenters. The smallest absolute Gasteiger partial charge is 0.245 e. The molecule has 0 spiro atoms. The minimum absolute atomic E-state index is 0.0657. The lowest BCUT2D eigenvalue weighted by atomic mass is 10.0. The van der Waals surface area contributed by atoms with E-state index >= 15 is 0 Å². The van der Waals surface area contributed by atoms with Gasteiger partial charge in [0.25, 0.3) is 0 Å². The first-order valence-electron chi connectivity index (χ1n) is 10.1. The zero-order valence-corrected chi connectivity index (χ0v) is 17.5. The molecular weight excluding hydrogens is 376 g/mol. The maximum absolute atomic E-state index is 13.1. The number of nitrogens with two attached hydrogens (primary N) is 1. The second-order valence-corrected chi connectivity index (χ2v) is 8.39. The quantitative estimate of drug-likeness (QED) is 0.567. The molecule has 0 aromatic carbocycles. The summed E-state index contributed by atoms with van der Waals surface area (Å²) in [4.78, 5) is 63.9. The number of likely N-dealkylation sites (tertiary alicyclic amines) is 2. The van der Waals surface area contributed by atoms with Crippen LogP contribution in [0.15, 0.2) is 0 Å². The van der Waals surface area contributed by atoms with E-state index in [2.05, 4.69) is 5.32 Å². The van der Waals surface area contributed by atoms with Crippen LogP contribution >= 0.6 is 0 Å². The van der Waals surface area contributed by atoms with Gasteiger partial charge in [0.1, 0.15) is 12.1 Å². The number of hydrogen-bond acceptors (Lipinski definition) is 5. The van der Waals surface area contributed by atoms with Gasteiger partial charge in [-0.05, 0) is 25.2 Å². The summed E-state index contributed by atoms with van der Waals surface area (Å²) in [5, 5.41) is 2.69. The van der Waals surface area contributed by atoms with Crippen LogP contribution in [0.3, 0.4) is 0 Å². The molecule has 9 nitrogen and oxygen atoms in total. The molecule has 9 heteroatoms. The van der Waals surface area contributed by atoms with Crippen molar-refractivity contribution in [2.24, 2.45) is 17.6 Å². The summed E-state index contributed by atoms with van der Waals surface area (Å²) in [6.45, 7) is 7.20. The fraction of sp³-hybridized carbons (Fsp3) is 0.700. The molecule has 3 N–H and O–H groups in total. The molecular formula is C20H31N4O5. The fourth-order valence-corrected chi connectivity index (χ4v) is 4.01. The van der Waals surface area contributed by atoms with Crippen LogP contribution in [0.5, 0.6) is 0 Å². The SMILES string of the molecule is CC(=O)NC(CC(C)C)C(=O)N1CC(=O)C2C1CCN2C(=O)[CH]CC(C)C(N)=O. The number of nitrogens with zero attached hydrogens (tertiary/aromatic N) is 2. The Morgan fingerprint density at radius 3 is 2.41 bits per heavy atom. The van der Waals surface area contributed by atoms with Gasteiger partial charge >= 0.3 is 0 Å². The minimum atomic E-state index is -0.688. The highest BCUT2D eigenvalue weighted by molar-refractivity contribution is 6.00. The number of amides is 4. The molecule has 29 heavy (non-hydrogen) atoms. The lowest BCUT2D eigenvalue weighted by Gasteiger charge is -2.29. The Morgan fingerprint density at radius 1 is 1.21 bits per heavy atom. The molecule has 161 valence electrons. The molecule has 0 aliphatic carbocycles. The molecule has 0 saturated carbocycles. The number of fused-ring (bicyclic) bond motifs is 1. The van der Waals surface area contributed by atoms with E-state index in [-0.39, 0.29) is 48.4 Å². The molecule has 4 atom stereocenters. The molecule has 1 radical (unpaired) electrons. The van der Waals surface area contributed by atoms with Crippen LogP contribution in [-0.4, -0.2) is 70.4 Å². The Bertz CT molecular complexity index is 692. The summed E-state index contributed by atoms with van der Waals surface area (Å²) in [7, 11) is 0. The molecule has 4 amide bonds. The standard InChI is InChI=1S/C20H31N4O5/c1-11(2)9-14(22-13(4)25)20(29)24-10-16(26)18-15(24)7-8-23(18)17(27)6-5-12(3)19(21)28/h6,11-12,14-15,18H,5,7-10H2,1-4H3,(H2,21,28)(H,22,25). The third kappa shape index (κ3) is 5.33. The fourth-order valence-electron chi connectivity index (χ4n) is 4.01. The minimum Gasteiger partial charge on any atom is -0.369 e. The van der Waals surface area contributed by atoms with E-state index in [0.717, 1.165) is 0 Å². The molecule has 2 rings (SSSR count). The van der Waals surface area contributed by atoms with Gasteiger partial charge in [-0.1, -0.05) is 20.8 Å². The summed E-state index contributed by atoms with van der Waals surface area (Å²) in [5.41, 5.74) is 5.22. The number of Topliss-reactive ketones (excluding diaryl/α,β-unsaturated/α-hetero) is 1. The maximum atomic E-state index is 13.1. The van der Waals surface area contributed by atoms with Gasteiger partial charge in [0.15, 0.2) is 5.78 Å². The van der Waals surface area contributed by atoms with Crippen molar-refractivity contribution < 1.29 is 24.0 Å². The van der Waals surface area contributed by atoms with Crippen LogP contribution in [0.1, 0.15) is 47.0 Å². The average molecular weight is 407 g/mol. The van der Waals surface area contributed by atoms with Gasteiger partial charge in [-0.3, -0.25) is 24.0 Å². The van der Waals surface area contributed by atoms with Crippen molar-refractivity contribution in [3.05, 3.63) is 6.42 Å². The third-order valence-corrected chi connectivity index (χ3v) is 5.50. The van der Waals surface area contributed by atoms with Crippen molar-refractivity contribution in [2.75, 3.05) is 13.1 Å². The molecule has 0 bridgehead atoms. The van der Waals surface area contributed by atoms with E-state index in [1.54, 1.807) is 6.92 Å². The molecule has 0 aromatic rings. The first-order valence-corrected chi connectivity index (χ1v) is 10.1. The average Bonchev–Trinajstić information content (AvgIpc) is 3.18. The summed E-state index contributed by atoms with van der Waals surface area (Å²) < 4.78 is 0. The number of primary amides is 1. The predicted molar refractivity (Wildman–Crippen MR) is 105 cm³/mol. The number of rotatable bonds is 8. The van der Waals surface area contributed by atoms with Gasteiger partial charge in [-0.2, -0.15) is 0 Å². The Balaban J connectivity index is 2.08. The number of carbonyl (C=O) groups excluding carboxylic acids is 5. The second kappa shape index (κ2) is 9.37. The number of carbonyl (C=O) groups is 5. The highest BCUT2D eigenvalue weighted by Gasteiger charge is 2.52. The van der Waals surface area contributed by atoms with Crippen LogP contribution in [-0.2, 0) is 24.0 Å². The topological polar surface area (TPSA) is 130 Å². The van der Waals surface area contributed by atoms with Crippen molar-refractivity contribution in [1.29, 1.82) is 0 Å². The van der Waals surface area contributed by atoms with Gasteiger partial charge in [0.05, 0.1) is 19.0 Å². The second-order valence-electron chi connectivity index (χ2n) is 8.39.